The third kappa shape index (κ3) is 4.05. The monoisotopic (exact) mass is 436 g/mol. The van der Waals surface area contributed by atoms with Crippen LogP contribution in [0.2, 0.25) is 0 Å². The predicted octanol–water partition coefficient (Wildman–Crippen LogP) is 2.08. The fourth-order valence-corrected chi connectivity index (χ4v) is 4.41. The number of fused-ring (bicyclic) bond motifs is 1. The Balaban J connectivity index is 1.82. The third-order valence-corrected chi connectivity index (χ3v) is 6.58. The van der Waals surface area contributed by atoms with Gasteiger partial charge in [0.15, 0.2) is 17.3 Å². The van der Waals surface area contributed by atoms with Gasteiger partial charge in [0.25, 0.3) is 0 Å². The molecule has 162 valence electrons. The molecule has 30 heavy (non-hydrogen) atoms. The first-order valence-corrected chi connectivity index (χ1v) is 10.9. The van der Waals surface area contributed by atoms with Crippen LogP contribution in [0.25, 0.3) is 0 Å². The molecule has 0 spiro atoms. The van der Waals surface area contributed by atoms with Gasteiger partial charge in [0.1, 0.15) is 13.2 Å². The number of sulfonamides is 1. The molecule has 3 rings (SSSR count). The molecule has 10 heteroatoms. The Morgan fingerprint density at radius 2 is 1.83 bits per heavy atom. The van der Waals surface area contributed by atoms with Crippen LogP contribution in [0, 0.1) is 13.8 Å². The zero-order valence-corrected chi connectivity index (χ0v) is 18.1. The number of ketones is 1. The summed E-state index contributed by atoms with van der Waals surface area (Å²) in [6, 6.07) is 4.32. The summed E-state index contributed by atoms with van der Waals surface area (Å²) in [5.41, 5.74) is 1.39. The summed E-state index contributed by atoms with van der Waals surface area (Å²) < 4.78 is 42.7. The molecular weight excluding hydrogens is 412 g/mol. The average molecular weight is 436 g/mol. The molecule has 0 saturated carbocycles. The Kier molecular flexibility index (Phi) is 6.18. The van der Waals surface area contributed by atoms with Gasteiger partial charge in [-0.1, -0.05) is 0 Å². The van der Waals surface area contributed by atoms with E-state index in [1.54, 1.807) is 20.8 Å². The van der Waals surface area contributed by atoms with Crippen molar-refractivity contribution < 1.29 is 32.2 Å². The summed E-state index contributed by atoms with van der Waals surface area (Å²) in [6.45, 7) is 5.51. The van der Waals surface area contributed by atoms with Crippen molar-refractivity contribution in [3.05, 3.63) is 40.7 Å². The number of carbonyl (C=O) groups is 2. The number of hydrogen-bond donors (Lipinski definition) is 1. The van der Waals surface area contributed by atoms with Crippen molar-refractivity contribution >= 4 is 21.8 Å². The molecular formula is C20H24N2O7S. The molecule has 0 amide bonds. The largest absolute Gasteiger partial charge is 0.486 e. The number of aromatic amines is 1. The Morgan fingerprint density at radius 3 is 2.50 bits per heavy atom. The standard InChI is InChI=1S/C20H24N2O7S/c1-5-27-20(24)18-12(2)19(21-13(18)3)15(23)11-22(4)30(25,26)14-6-7-16-17(10-14)29-9-8-28-16/h6-7,10,21H,5,8-9,11H2,1-4H3. The Morgan fingerprint density at radius 1 is 1.17 bits per heavy atom. The second-order valence-corrected chi connectivity index (χ2v) is 8.88. The van der Waals surface area contributed by atoms with Gasteiger partial charge in [-0.15, -0.1) is 0 Å². The van der Waals surface area contributed by atoms with E-state index in [9.17, 15) is 18.0 Å². The van der Waals surface area contributed by atoms with Crippen LogP contribution in [0.5, 0.6) is 11.5 Å². The maximum Gasteiger partial charge on any atom is 0.340 e. The minimum absolute atomic E-state index is 0.00588. The van der Waals surface area contributed by atoms with Crippen LogP contribution in [0.15, 0.2) is 23.1 Å². The SMILES string of the molecule is CCOC(=O)c1c(C)[nH]c(C(=O)CN(C)S(=O)(=O)c2ccc3c(c2)OCCO3)c1C. The highest BCUT2D eigenvalue weighted by atomic mass is 32.2. The first-order chi connectivity index (χ1) is 14.2. The lowest BCUT2D eigenvalue weighted by molar-refractivity contribution is 0.0525. The quantitative estimate of drug-likeness (QED) is 0.522. The second kappa shape index (κ2) is 8.49. The van der Waals surface area contributed by atoms with E-state index in [2.05, 4.69) is 4.98 Å². The van der Waals surface area contributed by atoms with Crippen molar-refractivity contribution in [2.75, 3.05) is 33.4 Å². The maximum atomic E-state index is 12.9. The molecule has 1 N–H and O–H groups in total. The van der Waals surface area contributed by atoms with E-state index in [1.807, 2.05) is 0 Å². The summed E-state index contributed by atoms with van der Waals surface area (Å²) >= 11 is 0. The highest BCUT2D eigenvalue weighted by Gasteiger charge is 2.28. The van der Waals surface area contributed by atoms with Crippen LogP contribution in [-0.4, -0.2) is 62.9 Å². The zero-order valence-electron chi connectivity index (χ0n) is 17.3. The zero-order chi connectivity index (χ0) is 22.1. The van der Waals surface area contributed by atoms with Crippen LogP contribution < -0.4 is 9.47 Å². The fourth-order valence-electron chi connectivity index (χ4n) is 3.27. The minimum Gasteiger partial charge on any atom is -0.486 e. The third-order valence-electron chi connectivity index (χ3n) is 4.78. The van der Waals surface area contributed by atoms with Crippen molar-refractivity contribution in [3.63, 3.8) is 0 Å². The number of aryl methyl sites for hydroxylation is 1. The fraction of sp³-hybridized carbons (Fsp3) is 0.400. The van der Waals surface area contributed by atoms with E-state index in [0.717, 1.165) is 4.31 Å². The second-order valence-electron chi connectivity index (χ2n) is 6.84. The lowest BCUT2D eigenvalue weighted by Crippen LogP contribution is -2.32. The molecule has 2 aromatic rings. The highest BCUT2D eigenvalue weighted by Crippen LogP contribution is 2.33. The average Bonchev–Trinajstić information content (AvgIpc) is 3.01. The summed E-state index contributed by atoms with van der Waals surface area (Å²) in [7, 11) is -2.62. The minimum atomic E-state index is -3.95. The number of hydrogen-bond acceptors (Lipinski definition) is 7. The van der Waals surface area contributed by atoms with Gasteiger partial charge < -0.3 is 19.2 Å². The molecule has 0 atom stereocenters. The van der Waals surface area contributed by atoms with Gasteiger partial charge >= 0.3 is 5.97 Å². The number of likely N-dealkylation sites (N-methyl/N-ethyl adjacent to an activating group) is 1. The molecule has 0 bridgehead atoms. The van der Waals surface area contributed by atoms with Gasteiger partial charge in [0.05, 0.1) is 29.3 Å². The normalized spacial score (nSPS) is 13.4. The van der Waals surface area contributed by atoms with Gasteiger partial charge in [-0.3, -0.25) is 4.79 Å². The van der Waals surface area contributed by atoms with Crippen molar-refractivity contribution in [1.82, 2.24) is 9.29 Å². The Bertz CT molecular complexity index is 1090. The molecule has 0 fully saturated rings. The number of nitrogens with one attached hydrogen (secondary N) is 1. The molecule has 1 aliphatic rings. The van der Waals surface area contributed by atoms with Gasteiger partial charge in [0.2, 0.25) is 10.0 Å². The van der Waals surface area contributed by atoms with E-state index in [4.69, 9.17) is 14.2 Å². The number of carbonyl (C=O) groups excluding carboxylic acids is 2. The highest BCUT2D eigenvalue weighted by molar-refractivity contribution is 7.89. The van der Waals surface area contributed by atoms with Crippen molar-refractivity contribution in [2.24, 2.45) is 0 Å². The summed E-state index contributed by atoms with van der Waals surface area (Å²) in [4.78, 5) is 27.8. The Hall–Kier alpha value is -2.85. The lowest BCUT2D eigenvalue weighted by atomic mass is 10.1. The van der Waals surface area contributed by atoms with E-state index in [-0.39, 0.29) is 22.8 Å². The number of esters is 1. The molecule has 0 unspecified atom stereocenters. The van der Waals surface area contributed by atoms with E-state index < -0.39 is 28.3 Å². The summed E-state index contributed by atoms with van der Waals surface area (Å²) in [6.07, 6.45) is 0. The number of rotatable bonds is 7. The first kappa shape index (κ1) is 21.8. The van der Waals surface area contributed by atoms with Crippen LogP contribution in [0.3, 0.4) is 0 Å². The molecule has 2 heterocycles. The number of aromatic nitrogens is 1. The van der Waals surface area contributed by atoms with Gasteiger partial charge in [-0.05, 0) is 38.5 Å². The van der Waals surface area contributed by atoms with Gasteiger partial charge in [-0.2, -0.15) is 4.31 Å². The van der Waals surface area contributed by atoms with E-state index in [1.165, 1.54) is 25.2 Å². The smallest absolute Gasteiger partial charge is 0.340 e. The van der Waals surface area contributed by atoms with Crippen molar-refractivity contribution in [3.8, 4) is 11.5 Å². The summed E-state index contributed by atoms with van der Waals surface area (Å²) in [5.74, 6) is -0.172. The molecule has 1 aliphatic heterocycles. The lowest BCUT2D eigenvalue weighted by Gasteiger charge is -2.21. The van der Waals surface area contributed by atoms with E-state index >= 15 is 0 Å². The Labute approximate surface area is 175 Å². The van der Waals surface area contributed by atoms with Crippen molar-refractivity contribution in [2.45, 2.75) is 25.7 Å². The number of nitrogens with zero attached hydrogens (tertiary/aromatic N) is 1. The number of Topliss-reactive ketones (excluding diaryl/α,β-unsaturated/α-hetero) is 1. The maximum absolute atomic E-state index is 12.9. The summed E-state index contributed by atoms with van der Waals surface area (Å²) in [5, 5.41) is 0. The van der Waals surface area contributed by atoms with Crippen LogP contribution in [0.4, 0.5) is 0 Å². The molecule has 1 aromatic carbocycles. The van der Waals surface area contributed by atoms with E-state index in [0.29, 0.717) is 36.0 Å². The molecule has 1 aromatic heterocycles. The topological polar surface area (TPSA) is 115 Å². The number of H-pyrrole nitrogens is 1. The first-order valence-electron chi connectivity index (χ1n) is 9.42. The van der Waals surface area contributed by atoms with Gasteiger partial charge in [-0.25, -0.2) is 13.2 Å². The van der Waals surface area contributed by atoms with Gasteiger partial charge in [0, 0.05) is 18.8 Å². The molecule has 9 nitrogen and oxygen atoms in total. The van der Waals surface area contributed by atoms with Crippen molar-refractivity contribution in [1.29, 1.82) is 0 Å². The molecule has 0 radical (unpaired) electrons. The molecule has 0 aliphatic carbocycles. The predicted molar refractivity (Wildman–Crippen MR) is 108 cm³/mol. The van der Waals surface area contributed by atoms with Crippen LogP contribution in [0.1, 0.15) is 39.0 Å². The molecule has 0 saturated heterocycles. The number of ether oxygens (including phenoxy) is 3. The number of benzene rings is 1. The van der Waals surface area contributed by atoms with Crippen LogP contribution in [-0.2, 0) is 14.8 Å². The van der Waals surface area contributed by atoms with Crippen LogP contribution >= 0.6 is 0 Å².